The lowest BCUT2D eigenvalue weighted by molar-refractivity contribution is -0.134. The maximum atomic E-state index is 12.5. The van der Waals surface area contributed by atoms with Crippen LogP contribution in [0.4, 0.5) is 5.69 Å². The molecule has 1 aromatic carbocycles. The molecule has 1 aliphatic heterocycles. The van der Waals surface area contributed by atoms with Crippen LogP contribution >= 0.6 is 11.6 Å². The Morgan fingerprint density at radius 2 is 1.96 bits per heavy atom. The Morgan fingerprint density at radius 1 is 1.25 bits per heavy atom. The number of anilines is 1. The molecule has 0 aromatic heterocycles. The Hall–Kier alpha value is -1.60. The number of carbonyl (C=O) groups is 2. The summed E-state index contributed by atoms with van der Waals surface area (Å²) >= 11 is 6.04. The summed E-state index contributed by atoms with van der Waals surface area (Å²) in [5.41, 5.74) is 0.345. The third-order valence-corrected chi connectivity index (χ3v) is 6.79. The van der Waals surface area contributed by atoms with Gasteiger partial charge < -0.3 is 10.6 Å². The fourth-order valence-corrected chi connectivity index (χ4v) is 4.69. The number of sulfone groups is 1. The molecule has 24 heavy (non-hydrogen) atoms. The van der Waals surface area contributed by atoms with Crippen molar-refractivity contribution in [2.75, 3.05) is 16.8 Å². The standard InChI is InChI=1S/C16H19ClN2O4S/c1-10-2-3-11(8-13(10)17)18-14(20)16(5-6-16)15(21)19-12-4-7-24(22,23)9-12/h2-3,8,12H,4-7,9H2,1H3,(H,18,20)(H,19,21). The zero-order valence-corrected chi connectivity index (χ0v) is 14.8. The molecular formula is C16H19ClN2O4S. The summed E-state index contributed by atoms with van der Waals surface area (Å²) < 4.78 is 23.0. The van der Waals surface area contributed by atoms with Crippen LogP contribution in [0.5, 0.6) is 0 Å². The van der Waals surface area contributed by atoms with E-state index in [1.807, 2.05) is 6.92 Å². The molecule has 0 radical (unpaired) electrons. The van der Waals surface area contributed by atoms with E-state index in [2.05, 4.69) is 10.6 Å². The number of benzene rings is 1. The minimum absolute atomic E-state index is 0.0516. The van der Waals surface area contributed by atoms with Crippen LogP contribution in [0.1, 0.15) is 24.8 Å². The molecule has 130 valence electrons. The lowest BCUT2D eigenvalue weighted by Crippen LogP contribution is -2.45. The van der Waals surface area contributed by atoms with Gasteiger partial charge in [0, 0.05) is 16.8 Å². The molecule has 2 fully saturated rings. The monoisotopic (exact) mass is 370 g/mol. The van der Waals surface area contributed by atoms with Gasteiger partial charge in [0.1, 0.15) is 5.41 Å². The van der Waals surface area contributed by atoms with Gasteiger partial charge in [-0.05, 0) is 43.9 Å². The molecule has 3 rings (SSSR count). The Morgan fingerprint density at radius 3 is 2.50 bits per heavy atom. The number of hydrogen-bond donors (Lipinski definition) is 2. The van der Waals surface area contributed by atoms with Crippen molar-refractivity contribution in [3.8, 4) is 0 Å². The van der Waals surface area contributed by atoms with Crippen LogP contribution in [-0.4, -0.2) is 37.8 Å². The molecule has 1 atom stereocenters. The SMILES string of the molecule is Cc1ccc(NC(=O)C2(C(=O)NC3CCS(=O)(=O)C3)CC2)cc1Cl. The molecule has 8 heteroatoms. The minimum atomic E-state index is -3.07. The van der Waals surface area contributed by atoms with Gasteiger partial charge in [0.05, 0.1) is 11.5 Å². The smallest absolute Gasteiger partial charge is 0.240 e. The minimum Gasteiger partial charge on any atom is -0.351 e. The molecule has 1 aliphatic carbocycles. The summed E-state index contributed by atoms with van der Waals surface area (Å²) in [7, 11) is -3.07. The van der Waals surface area contributed by atoms with E-state index in [0.29, 0.717) is 30.0 Å². The molecule has 1 unspecified atom stereocenters. The number of hydrogen-bond acceptors (Lipinski definition) is 4. The average molecular weight is 371 g/mol. The van der Waals surface area contributed by atoms with Gasteiger partial charge in [0.25, 0.3) is 0 Å². The number of halogens is 1. The molecule has 1 heterocycles. The third-order valence-electron chi connectivity index (χ3n) is 4.62. The molecule has 2 aliphatic rings. The maximum absolute atomic E-state index is 12.5. The van der Waals surface area contributed by atoms with Crippen LogP contribution < -0.4 is 10.6 Å². The summed E-state index contributed by atoms with van der Waals surface area (Å²) in [6.07, 6.45) is 1.33. The number of rotatable bonds is 4. The van der Waals surface area contributed by atoms with Crippen LogP contribution in [0, 0.1) is 12.3 Å². The van der Waals surface area contributed by atoms with Gasteiger partial charge in [-0.3, -0.25) is 9.59 Å². The summed E-state index contributed by atoms with van der Waals surface area (Å²) in [5.74, 6) is -0.732. The van der Waals surface area contributed by atoms with Crippen molar-refractivity contribution in [3.05, 3.63) is 28.8 Å². The Kier molecular flexibility index (Phi) is 4.34. The first-order valence-corrected chi connectivity index (χ1v) is 10.0. The Balaban J connectivity index is 1.65. The second-order valence-corrected chi connectivity index (χ2v) is 9.21. The van der Waals surface area contributed by atoms with Crippen LogP contribution in [0.25, 0.3) is 0 Å². The lowest BCUT2D eigenvalue weighted by Gasteiger charge is -2.18. The molecule has 0 spiro atoms. The number of aryl methyl sites for hydroxylation is 1. The van der Waals surface area contributed by atoms with E-state index in [1.165, 1.54) is 0 Å². The quantitative estimate of drug-likeness (QED) is 0.788. The third kappa shape index (κ3) is 3.42. The second-order valence-electron chi connectivity index (χ2n) is 6.57. The Labute approximate surface area is 145 Å². The first kappa shape index (κ1) is 17.2. The normalized spacial score (nSPS) is 23.5. The van der Waals surface area contributed by atoms with Crippen molar-refractivity contribution >= 4 is 38.9 Å². The van der Waals surface area contributed by atoms with E-state index in [0.717, 1.165) is 5.56 Å². The topological polar surface area (TPSA) is 92.3 Å². The molecule has 1 aromatic rings. The summed E-state index contributed by atoms with van der Waals surface area (Å²) in [4.78, 5) is 25.0. The number of carbonyl (C=O) groups excluding carboxylic acids is 2. The van der Waals surface area contributed by atoms with Gasteiger partial charge in [0.2, 0.25) is 11.8 Å². The van der Waals surface area contributed by atoms with Gasteiger partial charge in [-0.25, -0.2) is 8.42 Å². The number of amides is 2. The van der Waals surface area contributed by atoms with Gasteiger partial charge in [0.15, 0.2) is 9.84 Å². The van der Waals surface area contributed by atoms with Crippen molar-refractivity contribution in [1.82, 2.24) is 5.32 Å². The van der Waals surface area contributed by atoms with Crippen molar-refractivity contribution in [3.63, 3.8) is 0 Å². The maximum Gasteiger partial charge on any atom is 0.240 e. The van der Waals surface area contributed by atoms with Crippen LogP contribution in [0.2, 0.25) is 5.02 Å². The average Bonchev–Trinajstić information content (AvgIpc) is 3.24. The summed E-state index contributed by atoms with van der Waals surface area (Å²) in [6.45, 7) is 1.86. The van der Waals surface area contributed by atoms with Crippen LogP contribution in [0.15, 0.2) is 18.2 Å². The van der Waals surface area contributed by atoms with Gasteiger partial charge in [-0.15, -0.1) is 0 Å². The molecule has 0 bridgehead atoms. The largest absolute Gasteiger partial charge is 0.351 e. The Bertz CT molecular complexity index is 802. The highest BCUT2D eigenvalue weighted by Crippen LogP contribution is 2.47. The highest BCUT2D eigenvalue weighted by atomic mass is 35.5. The van der Waals surface area contributed by atoms with Crippen molar-refractivity contribution in [1.29, 1.82) is 0 Å². The lowest BCUT2D eigenvalue weighted by atomic mass is 10.0. The van der Waals surface area contributed by atoms with E-state index < -0.39 is 21.3 Å². The fourth-order valence-electron chi connectivity index (χ4n) is 2.84. The zero-order valence-electron chi connectivity index (χ0n) is 13.3. The first-order chi connectivity index (χ1) is 11.2. The van der Waals surface area contributed by atoms with Crippen molar-refractivity contribution in [2.45, 2.75) is 32.2 Å². The second kappa shape index (κ2) is 6.04. The number of nitrogens with one attached hydrogen (secondary N) is 2. The van der Waals surface area contributed by atoms with Crippen LogP contribution in [-0.2, 0) is 19.4 Å². The summed E-state index contributed by atoms with van der Waals surface area (Å²) in [5, 5.41) is 5.99. The highest BCUT2D eigenvalue weighted by Gasteiger charge is 2.57. The molecule has 6 nitrogen and oxygen atoms in total. The van der Waals surface area contributed by atoms with E-state index in [1.54, 1.807) is 18.2 Å². The first-order valence-electron chi connectivity index (χ1n) is 7.81. The van der Waals surface area contributed by atoms with Gasteiger partial charge in [-0.2, -0.15) is 0 Å². The highest BCUT2D eigenvalue weighted by molar-refractivity contribution is 7.91. The molecular weight excluding hydrogens is 352 g/mol. The van der Waals surface area contributed by atoms with Crippen LogP contribution in [0.3, 0.4) is 0 Å². The van der Waals surface area contributed by atoms with Gasteiger partial charge in [-0.1, -0.05) is 17.7 Å². The van der Waals surface area contributed by atoms with Crippen molar-refractivity contribution in [2.24, 2.45) is 5.41 Å². The zero-order chi connectivity index (χ0) is 17.5. The van der Waals surface area contributed by atoms with E-state index in [-0.39, 0.29) is 23.3 Å². The molecule has 2 amide bonds. The van der Waals surface area contributed by atoms with Crippen molar-refractivity contribution < 1.29 is 18.0 Å². The summed E-state index contributed by atoms with van der Waals surface area (Å²) in [6, 6.07) is 4.77. The van der Waals surface area contributed by atoms with E-state index in [4.69, 9.17) is 11.6 Å². The predicted molar refractivity (Wildman–Crippen MR) is 91.7 cm³/mol. The molecule has 1 saturated heterocycles. The molecule has 1 saturated carbocycles. The fraction of sp³-hybridized carbons (Fsp3) is 0.500. The molecule has 2 N–H and O–H groups in total. The van der Waals surface area contributed by atoms with E-state index >= 15 is 0 Å². The van der Waals surface area contributed by atoms with E-state index in [9.17, 15) is 18.0 Å². The predicted octanol–water partition coefficient (Wildman–Crippen LogP) is 1.67. The van der Waals surface area contributed by atoms with Gasteiger partial charge >= 0.3 is 0 Å².